The molecule has 0 aliphatic heterocycles. The molecule has 0 saturated carbocycles. The summed E-state index contributed by atoms with van der Waals surface area (Å²) in [6.07, 6.45) is -0.688. The molecule has 0 aliphatic carbocycles. The Morgan fingerprint density at radius 2 is 2.00 bits per heavy atom. The normalized spacial score (nSPS) is 12.8. The lowest BCUT2D eigenvalue weighted by atomic mass is 10.0. The van der Waals surface area contributed by atoms with Gasteiger partial charge in [-0.05, 0) is 48.6 Å². The van der Waals surface area contributed by atoms with E-state index in [0.29, 0.717) is 5.02 Å². The van der Waals surface area contributed by atoms with Crippen molar-refractivity contribution in [1.82, 2.24) is 4.98 Å². The van der Waals surface area contributed by atoms with Gasteiger partial charge in [0.1, 0.15) is 6.10 Å². The molecule has 0 radical (unpaired) electrons. The van der Waals surface area contributed by atoms with Gasteiger partial charge >= 0.3 is 0 Å². The van der Waals surface area contributed by atoms with Crippen molar-refractivity contribution < 1.29 is 5.11 Å². The van der Waals surface area contributed by atoms with E-state index in [1.165, 1.54) is 11.3 Å². The summed E-state index contributed by atoms with van der Waals surface area (Å²) in [5.74, 6) is 0. The molecule has 3 aromatic rings. The van der Waals surface area contributed by atoms with Gasteiger partial charge in [0.2, 0.25) is 0 Å². The third-order valence-corrected chi connectivity index (χ3v) is 5.11. The molecule has 2 heterocycles. The van der Waals surface area contributed by atoms with Gasteiger partial charge in [-0.2, -0.15) is 0 Å². The third-order valence-electron chi connectivity index (χ3n) is 3.34. The smallest absolute Gasteiger partial charge is 0.115 e. The number of halogens is 1. The third kappa shape index (κ3) is 2.33. The zero-order valence-corrected chi connectivity index (χ0v) is 12.8. The molecular formula is C16H14ClNOS. The van der Waals surface area contributed by atoms with Crippen LogP contribution in [0, 0.1) is 13.8 Å². The zero-order valence-electron chi connectivity index (χ0n) is 11.2. The van der Waals surface area contributed by atoms with Gasteiger partial charge in [-0.25, -0.2) is 0 Å². The maximum absolute atomic E-state index is 10.5. The highest BCUT2D eigenvalue weighted by atomic mass is 35.5. The van der Waals surface area contributed by atoms with Crippen molar-refractivity contribution in [1.29, 1.82) is 0 Å². The molecule has 0 saturated heterocycles. The van der Waals surface area contributed by atoms with Gasteiger partial charge in [0.25, 0.3) is 0 Å². The lowest BCUT2D eigenvalue weighted by Gasteiger charge is -2.11. The Labute approximate surface area is 126 Å². The molecule has 3 rings (SSSR count). The molecular weight excluding hydrogens is 290 g/mol. The molecule has 0 fully saturated rings. The van der Waals surface area contributed by atoms with Crippen molar-refractivity contribution >= 4 is 33.8 Å². The minimum atomic E-state index is -0.688. The molecule has 2 nitrogen and oxygen atoms in total. The molecule has 2 aromatic heterocycles. The predicted molar refractivity (Wildman–Crippen MR) is 84.6 cm³/mol. The predicted octanol–water partition coefficient (Wildman–Crippen LogP) is 4.65. The van der Waals surface area contributed by atoms with Crippen molar-refractivity contribution in [2.24, 2.45) is 0 Å². The summed E-state index contributed by atoms with van der Waals surface area (Å²) < 4.78 is 0. The maximum atomic E-state index is 10.5. The Balaban J connectivity index is 2.05. The van der Waals surface area contributed by atoms with E-state index in [0.717, 1.165) is 32.6 Å². The van der Waals surface area contributed by atoms with Crippen molar-refractivity contribution in [2.75, 3.05) is 0 Å². The van der Waals surface area contributed by atoms with E-state index < -0.39 is 6.10 Å². The van der Waals surface area contributed by atoms with E-state index in [9.17, 15) is 5.11 Å². The highest BCUT2D eigenvalue weighted by Gasteiger charge is 2.17. The van der Waals surface area contributed by atoms with Crippen LogP contribution in [0.3, 0.4) is 0 Å². The average Bonchev–Trinajstić information content (AvgIpc) is 2.77. The molecule has 1 atom stereocenters. The fraction of sp³-hybridized carbons (Fsp3) is 0.188. The Morgan fingerprint density at radius 1 is 1.20 bits per heavy atom. The second kappa shape index (κ2) is 5.17. The van der Waals surface area contributed by atoms with Crippen LogP contribution in [0.5, 0.6) is 0 Å². The minimum Gasteiger partial charge on any atom is -0.383 e. The van der Waals surface area contributed by atoms with E-state index in [1.54, 1.807) is 0 Å². The first-order chi connectivity index (χ1) is 9.56. The molecule has 0 spiro atoms. The lowest BCUT2D eigenvalue weighted by molar-refractivity contribution is 0.224. The first-order valence-corrected chi connectivity index (χ1v) is 7.61. The highest BCUT2D eigenvalue weighted by molar-refractivity contribution is 7.10. The van der Waals surface area contributed by atoms with Crippen molar-refractivity contribution in [3.05, 3.63) is 62.4 Å². The number of aliphatic hydroxyl groups is 1. The van der Waals surface area contributed by atoms with Crippen molar-refractivity contribution in [3.63, 3.8) is 0 Å². The first-order valence-electron chi connectivity index (χ1n) is 6.35. The van der Waals surface area contributed by atoms with E-state index in [1.807, 2.05) is 49.6 Å². The Hall–Kier alpha value is -1.42. The SMILES string of the molecule is Cc1ccc2cc(C(O)c3scc(C)c3Cl)ccc2n1. The summed E-state index contributed by atoms with van der Waals surface area (Å²) in [5.41, 5.74) is 3.77. The summed E-state index contributed by atoms with van der Waals surface area (Å²) in [5, 5.41) is 14.2. The Kier molecular flexibility index (Phi) is 3.50. The molecule has 1 aromatic carbocycles. The second-order valence-corrected chi connectivity index (χ2v) is 6.19. The number of hydrogen-bond donors (Lipinski definition) is 1. The monoisotopic (exact) mass is 303 g/mol. The fourth-order valence-electron chi connectivity index (χ4n) is 2.20. The topological polar surface area (TPSA) is 33.1 Å². The van der Waals surface area contributed by atoms with Crippen LogP contribution < -0.4 is 0 Å². The number of nitrogens with zero attached hydrogens (tertiary/aromatic N) is 1. The molecule has 0 aliphatic rings. The quantitative estimate of drug-likeness (QED) is 0.747. The number of aromatic nitrogens is 1. The number of fused-ring (bicyclic) bond motifs is 1. The number of rotatable bonds is 2. The van der Waals surface area contributed by atoms with Gasteiger partial charge in [0, 0.05) is 11.1 Å². The van der Waals surface area contributed by atoms with Gasteiger partial charge in [0.05, 0.1) is 15.4 Å². The van der Waals surface area contributed by atoms with E-state index >= 15 is 0 Å². The number of benzene rings is 1. The molecule has 0 amide bonds. The van der Waals surface area contributed by atoms with Crippen LogP contribution in [0.25, 0.3) is 10.9 Å². The minimum absolute atomic E-state index is 0.657. The standard InChI is InChI=1S/C16H14ClNOS/c1-9-8-20-16(14(9)17)15(19)12-5-6-13-11(7-12)4-3-10(2)18-13/h3-8,15,19H,1-2H3. The van der Waals surface area contributed by atoms with Crippen molar-refractivity contribution in [3.8, 4) is 0 Å². The lowest BCUT2D eigenvalue weighted by Crippen LogP contribution is -1.98. The van der Waals surface area contributed by atoms with Crippen molar-refractivity contribution in [2.45, 2.75) is 20.0 Å². The van der Waals surface area contributed by atoms with Crippen LogP contribution in [0.1, 0.15) is 27.8 Å². The van der Waals surface area contributed by atoms with Crippen LogP contribution in [0.15, 0.2) is 35.7 Å². The average molecular weight is 304 g/mol. The number of hydrogen-bond acceptors (Lipinski definition) is 3. The summed E-state index contributed by atoms with van der Waals surface area (Å²) in [6.45, 7) is 3.92. The van der Waals surface area contributed by atoms with Crippen LogP contribution in [0.4, 0.5) is 0 Å². The maximum Gasteiger partial charge on any atom is 0.115 e. The molecule has 4 heteroatoms. The number of aliphatic hydroxyl groups excluding tert-OH is 1. The summed E-state index contributed by atoms with van der Waals surface area (Å²) in [7, 11) is 0. The number of pyridine rings is 1. The van der Waals surface area contributed by atoms with Crippen LogP contribution in [0.2, 0.25) is 5.02 Å². The number of thiophene rings is 1. The van der Waals surface area contributed by atoms with Gasteiger partial charge in [0.15, 0.2) is 0 Å². The molecule has 1 N–H and O–H groups in total. The largest absolute Gasteiger partial charge is 0.383 e. The van der Waals surface area contributed by atoms with Gasteiger partial charge < -0.3 is 5.11 Å². The summed E-state index contributed by atoms with van der Waals surface area (Å²) in [6, 6.07) is 9.81. The van der Waals surface area contributed by atoms with Crippen LogP contribution in [-0.2, 0) is 0 Å². The highest BCUT2D eigenvalue weighted by Crippen LogP contribution is 2.36. The number of aryl methyl sites for hydroxylation is 2. The summed E-state index contributed by atoms with van der Waals surface area (Å²) >= 11 is 7.72. The van der Waals surface area contributed by atoms with Gasteiger partial charge in [-0.1, -0.05) is 23.7 Å². The van der Waals surface area contributed by atoms with Crippen LogP contribution >= 0.6 is 22.9 Å². The molecule has 0 bridgehead atoms. The second-order valence-electron chi connectivity index (χ2n) is 4.90. The van der Waals surface area contributed by atoms with E-state index in [-0.39, 0.29) is 0 Å². The Bertz CT molecular complexity index is 781. The summed E-state index contributed by atoms with van der Waals surface area (Å²) in [4.78, 5) is 5.26. The first kappa shape index (κ1) is 13.6. The Morgan fingerprint density at radius 3 is 2.70 bits per heavy atom. The van der Waals surface area contributed by atoms with E-state index in [4.69, 9.17) is 11.6 Å². The molecule has 20 heavy (non-hydrogen) atoms. The zero-order chi connectivity index (χ0) is 14.3. The van der Waals surface area contributed by atoms with Gasteiger partial charge in [-0.3, -0.25) is 4.98 Å². The molecule has 1 unspecified atom stereocenters. The van der Waals surface area contributed by atoms with Crippen LogP contribution in [-0.4, -0.2) is 10.1 Å². The molecule has 102 valence electrons. The van der Waals surface area contributed by atoms with E-state index in [2.05, 4.69) is 4.98 Å². The fourth-order valence-corrected chi connectivity index (χ4v) is 3.51. The van der Waals surface area contributed by atoms with Gasteiger partial charge in [-0.15, -0.1) is 11.3 Å².